The maximum atomic E-state index is 11.9. The van der Waals surface area contributed by atoms with E-state index in [2.05, 4.69) is 15.5 Å². The number of urea groups is 1. The molecule has 6 heteroatoms. The molecule has 0 aromatic heterocycles. The summed E-state index contributed by atoms with van der Waals surface area (Å²) in [7, 11) is 0. The first-order valence-corrected chi connectivity index (χ1v) is 7.31. The highest BCUT2D eigenvalue weighted by molar-refractivity contribution is 5.83. The van der Waals surface area contributed by atoms with Crippen LogP contribution >= 0.6 is 0 Å². The van der Waals surface area contributed by atoms with Crippen molar-refractivity contribution in [1.29, 1.82) is 0 Å². The van der Waals surface area contributed by atoms with Crippen molar-refractivity contribution in [2.24, 2.45) is 5.41 Å². The van der Waals surface area contributed by atoms with E-state index in [1.54, 1.807) is 20.8 Å². The van der Waals surface area contributed by atoms with E-state index >= 15 is 0 Å². The lowest BCUT2D eigenvalue weighted by atomic mass is 9.87. The monoisotopic (exact) mass is 283 g/mol. The molecule has 2 amide bonds. The van der Waals surface area contributed by atoms with Crippen molar-refractivity contribution in [3.05, 3.63) is 0 Å². The third kappa shape index (κ3) is 3.85. The van der Waals surface area contributed by atoms with E-state index in [1.165, 1.54) is 12.8 Å². The second-order valence-corrected chi connectivity index (χ2v) is 6.97. The average molecular weight is 283 g/mol. The third-order valence-electron chi connectivity index (χ3n) is 4.01. The lowest BCUT2D eigenvalue weighted by molar-refractivity contribution is -0.141. The fraction of sp³-hybridized carbons (Fsp3) is 0.857. The Morgan fingerprint density at radius 3 is 2.40 bits per heavy atom. The number of aliphatic carboxylic acids is 1. The molecule has 1 saturated carbocycles. The van der Waals surface area contributed by atoms with Gasteiger partial charge in [0.25, 0.3) is 0 Å². The molecule has 1 aliphatic carbocycles. The van der Waals surface area contributed by atoms with E-state index in [9.17, 15) is 14.7 Å². The van der Waals surface area contributed by atoms with Gasteiger partial charge in [-0.05, 0) is 24.7 Å². The van der Waals surface area contributed by atoms with E-state index in [1.807, 2.05) is 0 Å². The molecule has 1 aliphatic heterocycles. The summed E-state index contributed by atoms with van der Waals surface area (Å²) >= 11 is 0. The second-order valence-electron chi connectivity index (χ2n) is 6.97. The van der Waals surface area contributed by atoms with Crippen LogP contribution in [0.15, 0.2) is 0 Å². The van der Waals surface area contributed by atoms with Crippen molar-refractivity contribution in [2.75, 3.05) is 13.1 Å². The Labute approximate surface area is 119 Å². The Kier molecular flexibility index (Phi) is 4.22. The van der Waals surface area contributed by atoms with Gasteiger partial charge in [-0.2, -0.15) is 0 Å². The Hall–Kier alpha value is -1.30. The van der Waals surface area contributed by atoms with Gasteiger partial charge in [-0.3, -0.25) is 4.90 Å². The number of hydrogen-bond acceptors (Lipinski definition) is 3. The maximum absolute atomic E-state index is 11.9. The van der Waals surface area contributed by atoms with E-state index in [0.29, 0.717) is 6.04 Å². The number of carboxylic acid groups (broad SMARTS) is 1. The Balaban J connectivity index is 1.81. The fourth-order valence-corrected chi connectivity index (χ4v) is 2.68. The molecule has 0 radical (unpaired) electrons. The Morgan fingerprint density at radius 2 is 1.90 bits per heavy atom. The van der Waals surface area contributed by atoms with Crippen LogP contribution in [0.1, 0.15) is 40.0 Å². The van der Waals surface area contributed by atoms with Crippen LogP contribution < -0.4 is 10.6 Å². The largest absolute Gasteiger partial charge is 0.480 e. The van der Waals surface area contributed by atoms with E-state index < -0.39 is 17.4 Å². The molecule has 2 fully saturated rings. The smallest absolute Gasteiger partial charge is 0.326 e. The van der Waals surface area contributed by atoms with Crippen LogP contribution in [-0.2, 0) is 4.79 Å². The number of carboxylic acids is 1. The Morgan fingerprint density at radius 1 is 1.25 bits per heavy atom. The van der Waals surface area contributed by atoms with Gasteiger partial charge < -0.3 is 15.7 Å². The van der Waals surface area contributed by atoms with E-state index in [4.69, 9.17) is 0 Å². The number of likely N-dealkylation sites (tertiary alicyclic amines) is 1. The van der Waals surface area contributed by atoms with Crippen LogP contribution in [0.5, 0.6) is 0 Å². The van der Waals surface area contributed by atoms with Gasteiger partial charge in [0.05, 0.1) is 0 Å². The average Bonchev–Trinajstić information content (AvgIpc) is 3.06. The molecule has 1 unspecified atom stereocenters. The minimum atomic E-state index is -1.00. The summed E-state index contributed by atoms with van der Waals surface area (Å²) in [5.74, 6) is -1.00. The first kappa shape index (κ1) is 15.1. The van der Waals surface area contributed by atoms with Gasteiger partial charge in [-0.25, -0.2) is 9.59 Å². The highest BCUT2D eigenvalue weighted by atomic mass is 16.4. The van der Waals surface area contributed by atoms with Crippen LogP contribution in [-0.4, -0.2) is 53.2 Å². The minimum Gasteiger partial charge on any atom is -0.480 e. The standard InChI is InChI=1S/C14H25N3O3/c1-14(2,3)11(12(18)19)16-13(20)15-9-6-7-17(8-9)10-4-5-10/h9-11H,4-8H2,1-3H3,(H,18,19)(H2,15,16,20)/t9?,11-/m1/s1. The highest BCUT2D eigenvalue weighted by Crippen LogP contribution is 2.29. The van der Waals surface area contributed by atoms with Crippen molar-refractivity contribution < 1.29 is 14.7 Å². The summed E-state index contributed by atoms with van der Waals surface area (Å²) in [5.41, 5.74) is -0.515. The molecule has 6 nitrogen and oxygen atoms in total. The lowest BCUT2D eigenvalue weighted by Gasteiger charge is -2.28. The maximum Gasteiger partial charge on any atom is 0.326 e. The molecule has 1 heterocycles. The lowest BCUT2D eigenvalue weighted by Crippen LogP contribution is -2.54. The van der Waals surface area contributed by atoms with Crippen molar-refractivity contribution in [3.8, 4) is 0 Å². The molecule has 0 aromatic rings. The van der Waals surface area contributed by atoms with E-state index in [-0.39, 0.29) is 12.1 Å². The summed E-state index contributed by atoms with van der Waals surface area (Å²) in [6, 6.07) is -0.422. The molecule has 0 spiro atoms. The number of nitrogens with one attached hydrogen (secondary N) is 2. The van der Waals surface area contributed by atoms with Gasteiger partial charge in [-0.15, -0.1) is 0 Å². The number of carbonyl (C=O) groups excluding carboxylic acids is 1. The molecule has 2 aliphatic rings. The molecular weight excluding hydrogens is 258 g/mol. The number of rotatable bonds is 4. The van der Waals surface area contributed by atoms with Gasteiger partial charge >= 0.3 is 12.0 Å². The van der Waals surface area contributed by atoms with Crippen LogP contribution in [0, 0.1) is 5.41 Å². The molecular formula is C14H25N3O3. The van der Waals surface area contributed by atoms with Crippen LogP contribution in [0.3, 0.4) is 0 Å². The Bertz CT molecular complexity index is 388. The molecule has 0 bridgehead atoms. The first-order chi connectivity index (χ1) is 9.27. The van der Waals surface area contributed by atoms with Gasteiger partial charge in [0.15, 0.2) is 0 Å². The van der Waals surface area contributed by atoms with Crippen molar-refractivity contribution in [2.45, 2.75) is 58.2 Å². The third-order valence-corrected chi connectivity index (χ3v) is 4.01. The molecule has 0 aromatic carbocycles. The summed E-state index contributed by atoms with van der Waals surface area (Å²) in [6.45, 7) is 7.31. The number of hydrogen-bond donors (Lipinski definition) is 3. The molecule has 2 rings (SSSR count). The van der Waals surface area contributed by atoms with Crippen molar-refractivity contribution >= 4 is 12.0 Å². The normalized spacial score (nSPS) is 25.2. The van der Waals surface area contributed by atoms with Crippen molar-refractivity contribution in [1.82, 2.24) is 15.5 Å². The zero-order valence-corrected chi connectivity index (χ0v) is 12.5. The quantitative estimate of drug-likeness (QED) is 0.719. The predicted molar refractivity (Wildman–Crippen MR) is 75.5 cm³/mol. The van der Waals surface area contributed by atoms with E-state index in [0.717, 1.165) is 19.5 Å². The number of amides is 2. The van der Waals surface area contributed by atoms with Gasteiger partial charge in [0.1, 0.15) is 6.04 Å². The summed E-state index contributed by atoms with van der Waals surface area (Å²) in [6.07, 6.45) is 3.48. The summed E-state index contributed by atoms with van der Waals surface area (Å²) in [5, 5.41) is 14.7. The van der Waals surface area contributed by atoms with Crippen LogP contribution in [0.4, 0.5) is 4.79 Å². The molecule has 114 valence electrons. The molecule has 1 saturated heterocycles. The molecule has 20 heavy (non-hydrogen) atoms. The van der Waals surface area contributed by atoms with Crippen LogP contribution in [0.2, 0.25) is 0 Å². The fourth-order valence-electron chi connectivity index (χ4n) is 2.68. The second kappa shape index (κ2) is 5.60. The topological polar surface area (TPSA) is 81.7 Å². The first-order valence-electron chi connectivity index (χ1n) is 7.31. The van der Waals surface area contributed by atoms with Gasteiger partial charge in [-0.1, -0.05) is 20.8 Å². The van der Waals surface area contributed by atoms with Crippen LogP contribution in [0.25, 0.3) is 0 Å². The number of carbonyl (C=O) groups is 2. The minimum absolute atomic E-state index is 0.130. The predicted octanol–water partition coefficient (Wildman–Crippen LogP) is 1.02. The zero-order chi connectivity index (χ0) is 14.9. The SMILES string of the molecule is CC(C)(C)[C@H](NC(=O)NC1CCN(C2CC2)C1)C(=O)O. The number of nitrogens with zero attached hydrogens (tertiary/aromatic N) is 1. The summed E-state index contributed by atoms with van der Waals surface area (Å²) < 4.78 is 0. The molecule has 2 atom stereocenters. The van der Waals surface area contributed by atoms with Gasteiger partial charge in [0, 0.05) is 25.2 Å². The zero-order valence-electron chi connectivity index (χ0n) is 12.5. The van der Waals surface area contributed by atoms with Gasteiger partial charge in [0.2, 0.25) is 0 Å². The summed E-state index contributed by atoms with van der Waals surface area (Å²) in [4.78, 5) is 25.6. The highest BCUT2D eigenvalue weighted by Gasteiger charge is 2.36. The van der Waals surface area contributed by atoms with Crippen molar-refractivity contribution in [3.63, 3.8) is 0 Å². The molecule has 3 N–H and O–H groups in total.